The number of nitrogens with one attached hydrogen (secondary N) is 1. The van der Waals surface area contributed by atoms with Gasteiger partial charge in [-0.3, -0.25) is 4.79 Å². The topological polar surface area (TPSA) is 131 Å². The zero-order chi connectivity index (χ0) is 21.6. The summed E-state index contributed by atoms with van der Waals surface area (Å²) < 4.78 is 20.8. The normalized spacial score (nSPS) is 11.3. The summed E-state index contributed by atoms with van der Waals surface area (Å²) in [6.07, 6.45) is 0.242. The average molecular weight is 406 g/mol. The van der Waals surface area contributed by atoms with Crippen molar-refractivity contribution in [2.24, 2.45) is 0 Å². The molecule has 29 heavy (non-hydrogen) atoms. The Morgan fingerprint density at radius 1 is 1.07 bits per heavy atom. The predicted octanol–water partition coefficient (Wildman–Crippen LogP) is 1.46. The molecule has 0 aliphatic heterocycles. The maximum atomic E-state index is 13.0. The Balaban J connectivity index is 2.44. The van der Waals surface area contributed by atoms with Gasteiger partial charge >= 0.3 is 11.9 Å². The van der Waals surface area contributed by atoms with Crippen LogP contribution in [-0.4, -0.2) is 61.3 Å². The van der Waals surface area contributed by atoms with Gasteiger partial charge in [-0.05, 0) is 18.6 Å². The molecule has 1 aromatic carbocycles. The van der Waals surface area contributed by atoms with Crippen molar-refractivity contribution in [1.82, 2.24) is 15.0 Å². The van der Waals surface area contributed by atoms with Crippen molar-refractivity contribution in [1.29, 1.82) is 0 Å². The van der Waals surface area contributed by atoms with Crippen LogP contribution in [0.1, 0.15) is 40.4 Å². The van der Waals surface area contributed by atoms with Crippen LogP contribution in [-0.2, 0) is 14.3 Å². The fourth-order valence-electron chi connectivity index (χ4n) is 2.63. The van der Waals surface area contributed by atoms with Crippen molar-refractivity contribution in [3.8, 4) is 11.5 Å². The van der Waals surface area contributed by atoms with E-state index in [-0.39, 0.29) is 17.8 Å². The number of amides is 1. The first-order valence-electron chi connectivity index (χ1n) is 8.56. The van der Waals surface area contributed by atoms with Crippen molar-refractivity contribution in [2.75, 3.05) is 33.8 Å². The lowest BCUT2D eigenvalue weighted by molar-refractivity contribution is -0.119. The van der Waals surface area contributed by atoms with Crippen molar-refractivity contribution in [3.05, 3.63) is 29.6 Å². The highest BCUT2D eigenvalue weighted by atomic mass is 16.5. The van der Waals surface area contributed by atoms with Crippen molar-refractivity contribution < 1.29 is 33.3 Å². The van der Waals surface area contributed by atoms with Gasteiger partial charge in [-0.1, -0.05) is 12.1 Å². The third-order valence-corrected chi connectivity index (χ3v) is 4.10. The number of nitrogens with zero attached hydrogens (tertiary/aromatic N) is 3. The molecule has 11 heteroatoms. The molecule has 0 aliphatic carbocycles. The number of aromatic nitrogens is 3. The lowest BCUT2D eigenvalue weighted by atomic mass is 10.1. The molecule has 1 aromatic heterocycles. The van der Waals surface area contributed by atoms with Gasteiger partial charge in [0.05, 0.1) is 34.1 Å². The highest BCUT2D eigenvalue weighted by Gasteiger charge is 2.32. The number of esters is 2. The molecule has 0 bridgehead atoms. The van der Waals surface area contributed by atoms with E-state index in [1.807, 2.05) is 0 Å². The van der Waals surface area contributed by atoms with Gasteiger partial charge in [0.25, 0.3) is 0 Å². The second-order valence-electron chi connectivity index (χ2n) is 5.69. The zero-order valence-corrected chi connectivity index (χ0v) is 16.7. The fraction of sp³-hybridized carbons (Fsp3) is 0.389. The average Bonchev–Trinajstić information content (AvgIpc) is 3.17. The van der Waals surface area contributed by atoms with E-state index in [4.69, 9.17) is 14.2 Å². The van der Waals surface area contributed by atoms with E-state index >= 15 is 0 Å². The molecular formula is C18H22N4O7. The molecule has 0 fully saturated rings. The minimum atomic E-state index is -0.967. The van der Waals surface area contributed by atoms with Crippen LogP contribution in [0.4, 0.5) is 5.69 Å². The monoisotopic (exact) mass is 406 g/mol. The molecule has 11 nitrogen and oxygen atoms in total. The minimum Gasteiger partial charge on any atom is -0.497 e. The Kier molecular flexibility index (Phi) is 7.12. The van der Waals surface area contributed by atoms with E-state index in [1.54, 1.807) is 25.1 Å². The smallest absolute Gasteiger partial charge is 0.361 e. The van der Waals surface area contributed by atoms with Gasteiger partial charge < -0.3 is 24.3 Å². The van der Waals surface area contributed by atoms with Crippen LogP contribution in [0.2, 0.25) is 0 Å². The van der Waals surface area contributed by atoms with E-state index in [0.29, 0.717) is 17.2 Å². The molecule has 1 N–H and O–H groups in total. The third-order valence-electron chi connectivity index (χ3n) is 4.10. The quantitative estimate of drug-likeness (QED) is 0.647. The molecule has 0 spiro atoms. The van der Waals surface area contributed by atoms with Crippen LogP contribution in [0.5, 0.6) is 11.5 Å². The predicted molar refractivity (Wildman–Crippen MR) is 100 cm³/mol. The first kappa shape index (κ1) is 21.7. The number of ether oxygens (including phenoxy) is 4. The number of methoxy groups -OCH3 is 4. The maximum Gasteiger partial charge on any atom is 0.361 e. The van der Waals surface area contributed by atoms with Gasteiger partial charge in [0.1, 0.15) is 17.5 Å². The van der Waals surface area contributed by atoms with Crippen molar-refractivity contribution in [2.45, 2.75) is 19.4 Å². The maximum absolute atomic E-state index is 13.0. The first-order valence-corrected chi connectivity index (χ1v) is 8.56. The number of carbonyl (C=O) groups is 3. The van der Waals surface area contributed by atoms with E-state index in [2.05, 4.69) is 20.4 Å². The Morgan fingerprint density at radius 3 is 2.31 bits per heavy atom. The van der Waals surface area contributed by atoms with Crippen LogP contribution >= 0.6 is 0 Å². The van der Waals surface area contributed by atoms with E-state index in [9.17, 15) is 14.4 Å². The summed E-state index contributed by atoms with van der Waals surface area (Å²) in [4.78, 5) is 37.1. The van der Waals surface area contributed by atoms with Gasteiger partial charge in [0, 0.05) is 6.07 Å². The lowest BCUT2D eigenvalue weighted by Gasteiger charge is -2.18. The second-order valence-corrected chi connectivity index (χ2v) is 5.69. The molecule has 0 saturated carbocycles. The lowest BCUT2D eigenvalue weighted by Crippen LogP contribution is -2.29. The van der Waals surface area contributed by atoms with Crippen molar-refractivity contribution >= 4 is 23.5 Å². The Bertz CT molecular complexity index is 910. The Labute approximate surface area is 166 Å². The molecular weight excluding hydrogens is 384 g/mol. The number of benzene rings is 1. The zero-order valence-electron chi connectivity index (χ0n) is 16.7. The first-order chi connectivity index (χ1) is 13.9. The van der Waals surface area contributed by atoms with Gasteiger partial charge in [-0.25, -0.2) is 14.3 Å². The van der Waals surface area contributed by atoms with Crippen molar-refractivity contribution in [3.63, 3.8) is 0 Å². The van der Waals surface area contributed by atoms with Crippen LogP contribution in [0.15, 0.2) is 18.2 Å². The summed E-state index contributed by atoms with van der Waals surface area (Å²) in [6.45, 7) is 1.72. The summed E-state index contributed by atoms with van der Waals surface area (Å²) >= 11 is 0. The van der Waals surface area contributed by atoms with Gasteiger partial charge in [0.15, 0.2) is 5.69 Å². The largest absolute Gasteiger partial charge is 0.497 e. The Morgan fingerprint density at radius 2 is 1.76 bits per heavy atom. The van der Waals surface area contributed by atoms with Gasteiger partial charge in [0.2, 0.25) is 11.6 Å². The highest BCUT2D eigenvalue weighted by Crippen LogP contribution is 2.30. The molecule has 0 aliphatic rings. The molecule has 0 unspecified atom stereocenters. The number of carbonyl (C=O) groups excluding carboxylic acids is 3. The second kappa shape index (κ2) is 9.53. The highest BCUT2D eigenvalue weighted by molar-refractivity contribution is 6.01. The summed E-state index contributed by atoms with van der Waals surface area (Å²) in [5.41, 5.74) is -0.258. The molecule has 0 radical (unpaired) electrons. The molecule has 1 amide bonds. The van der Waals surface area contributed by atoms with Gasteiger partial charge in [-0.2, -0.15) is 0 Å². The molecule has 1 atom stereocenters. The molecule has 156 valence electrons. The van der Waals surface area contributed by atoms with E-state index in [1.165, 1.54) is 14.2 Å². The number of anilines is 1. The fourth-order valence-corrected chi connectivity index (χ4v) is 2.63. The van der Waals surface area contributed by atoms with Crippen LogP contribution < -0.4 is 14.8 Å². The Hall–Kier alpha value is -3.63. The third kappa shape index (κ3) is 4.45. The summed E-state index contributed by atoms with van der Waals surface area (Å²) in [6, 6.07) is 3.94. The summed E-state index contributed by atoms with van der Waals surface area (Å²) in [5.74, 6) is -1.33. The van der Waals surface area contributed by atoms with Crippen LogP contribution in [0.3, 0.4) is 0 Å². The molecule has 0 saturated heterocycles. The standard InChI is InChI=1S/C18H22N4O7/c1-6-12(16(23)19-11-9-10(26-2)7-8-13(11)27-3)22-15(18(25)29-5)14(20-21-22)17(24)28-4/h7-9,12H,6H2,1-5H3,(H,19,23)/t12-/m1/s1. The SMILES string of the molecule is CC[C@H](C(=O)Nc1cc(OC)ccc1OC)n1nnc(C(=O)OC)c1C(=O)OC. The molecule has 2 rings (SSSR count). The van der Waals surface area contributed by atoms with Crippen LogP contribution in [0.25, 0.3) is 0 Å². The van der Waals surface area contributed by atoms with Crippen LogP contribution in [0, 0.1) is 0 Å². The summed E-state index contributed by atoms with van der Waals surface area (Å²) in [7, 11) is 5.24. The minimum absolute atomic E-state index is 0.242. The number of hydrogen-bond donors (Lipinski definition) is 1. The molecule has 2 aromatic rings. The number of rotatable bonds is 8. The molecule has 1 heterocycles. The summed E-state index contributed by atoms with van der Waals surface area (Å²) in [5, 5.41) is 10.2. The van der Waals surface area contributed by atoms with E-state index in [0.717, 1.165) is 18.9 Å². The number of hydrogen-bond acceptors (Lipinski definition) is 9. The van der Waals surface area contributed by atoms with Gasteiger partial charge in [-0.15, -0.1) is 5.10 Å². The van der Waals surface area contributed by atoms with E-state index < -0.39 is 23.9 Å².